The van der Waals surface area contributed by atoms with Gasteiger partial charge in [-0.2, -0.15) is 5.48 Å². The van der Waals surface area contributed by atoms with Gasteiger partial charge in [-0.25, -0.2) is 0 Å². The Morgan fingerprint density at radius 2 is 2.55 bits per heavy atom. The van der Waals surface area contributed by atoms with Crippen LogP contribution >= 0.6 is 0 Å². The van der Waals surface area contributed by atoms with Crippen molar-refractivity contribution in [2.75, 3.05) is 0 Å². The summed E-state index contributed by atoms with van der Waals surface area (Å²) in [6.07, 6.45) is 8.41. The number of rotatable bonds is 1. The summed E-state index contributed by atoms with van der Waals surface area (Å²) in [6, 6.07) is 0. The van der Waals surface area contributed by atoms with Crippen LogP contribution in [0.1, 0.15) is 12.8 Å². The fraction of sp³-hybridized carbons (Fsp3) is 0.500. The smallest absolute Gasteiger partial charge is 0.100 e. The van der Waals surface area contributed by atoms with E-state index in [0.29, 0.717) is 5.92 Å². The summed E-state index contributed by atoms with van der Waals surface area (Å²) in [5, 5.41) is 11.8. The third-order valence-corrected chi connectivity index (χ3v) is 2.29. The van der Waals surface area contributed by atoms with Crippen LogP contribution in [0.25, 0.3) is 0 Å². The first kappa shape index (κ1) is 6.88. The highest BCUT2D eigenvalue weighted by Crippen LogP contribution is 2.28. The van der Waals surface area contributed by atoms with Crippen LogP contribution in [-0.4, -0.2) is 11.4 Å². The molecule has 11 heavy (non-hydrogen) atoms. The molecule has 0 aromatic carbocycles. The van der Waals surface area contributed by atoms with Gasteiger partial charge in [0.25, 0.3) is 0 Å². The predicted molar refractivity (Wildman–Crippen MR) is 41.8 cm³/mol. The molecule has 0 amide bonds. The zero-order valence-corrected chi connectivity index (χ0v) is 6.25. The van der Waals surface area contributed by atoms with Crippen molar-refractivity contribution in [3.8, 4) is 0 Å². The first-order chi connectivity index (χ1) is 5.40. The Morgan fingerprint density at radius 1 is 1.64 bits per heavy atom. The molecule has 2 aliphatic rings. The van der Waals surface area contributed by atoms with Crippen molar-refractivity contribution >= 4 is 0 Å². The molecule has 0 radical (unpaired) electrons. The van der Waals surface area contributed by atoms with Crippen molar-refractivity contribution in [3.63, 3.8) is 0 Å². The molecular weight excluding hydrogens is 140 g/mol. The largest absolute Gasteiger partial charge is 0.371 e. The lowest BCUT2D eigenvalue weighted by Crippen LogP contribution is -2.33. The number of hydroxylamine groups is 1. The molecule has 0 aromatic heterocycles. The van der Waals surface area contributed by atoms with E-state index < -0.39 is 0 Å². The molecule has 0 spiro atoms. The van der Waals surface area contributed by atoms with Gasteiger partial charge < -0.3 is 10.5 Å². The molecule has 1 fully saturated rings. The van der Waals surface area contributed by atoms with E-state index in [9.17, 15) is 0 Å². The predicted octanol–water partition coefficient (Wildman–Crippen LogP) is 0.745. The minimum absolute atomic E-state index is 0.0474. The van der Waals surface area contributed by atoms with Gasteiger partial charge in [-0.3, -0.25) is 0 Å². The Morgan fingerprint density at radius 3 is 3.27 bits per heavy atom. The van der Waals surface area contributed by atoms with Crippen LogP contribution in [0.5, 0.6) is 0 Å². The maximum absolute atomic E-state index is 8.65. The molecular formula is C8H12N2O. The molecule has 2 atom stereocenters. The Hall–Kier alpha value is -0.800. The lowest BCUT2D eigenvalue weighted by molar-refractivity contribution is 0.118. The van der Waals surface area contributed by atoms with Gasteiger partial charge in [0.1, 0.15) is 6.17 Å². The van der Waals surface area contributed by atoms with Gasteiger partial charge in [0, 0.05) is 11.6 Å². The molecule has 0 saturated carbocycles. The highest BCUT2D eigenvalue weighted by atomic mass is 16.5. The van der Waals surface area contributed by atoms with E-state index in [1.165, 1.54) is 5.70 Å². The average molecular weight is 152 g/mol. The summed E-state index contributed by atoms with van der Waals surface area (Å²) < 4.78 is 0. The fourth-order valence-electron chi connectivity index (χ4n) is 1.70. The van der Waals surface area contributed by atoms with Crippen molar-refractivity contribution in [2.24, 2.45) is 5.92 Å². The van der Waals surface area contributed by atoms with Gasteiger partial charge in [-0.05, 0) is 18.9 Å². The van der Waals surface area contributed by atoms with Gasteiger partial charge >= 0.3 is 0 Å². The van der Waals surface area contributed by atoms with E-state index in [0.717, 1.165) is 12.8 Å². The van der Waals surface area contributed by atoms with Gasteiger partial charge in [0.15, 0.2) is 0 Å². The molecule has 3 heteroatoms. The molecule has 0 aromatic rings. The molecule has 2 rings (SSSR count). The Labute approximate surface area is 65.8 Å². The Balaban J connectivity index is 2.09. The highest BCUT2D eigenvalue weighted by molar-refractivity contribution is 5.23. The zero-order valence-electron chi connectivity index (χ0n) is 6.25. The molecule has 3 nitrogen and oxygen atoms in total. The summed E-state index contributed by atoms with van der Waals surface area (Å²) in [6.45, 7) is 0. The molecule has 60 valence electrons. The average Bonchev–Trinajstić information content (AvgIpc) is 2.46. The number of fused-ring (bicyclic) bond motifs is 1. The van der Waals surface area contributed by atoms with Crippen LogP contribution in [0.2, 0.25) is 0 Å². The lowest BCUT2D eigenvalue weighted by atomic mass is 9.97. The first-order valence-corrected chi connectivity index (χ1v) is 3.93. The highest BCUT2D eigenvalue weighted by Gasteiger charge is 2.27. The fourth-order valence-corrected chi connectivity index (χ4v) is 1.70. The van der Waals surface area contributed by atoms with E-state index in [4.69, 9.17) is 5.21 Å². The Kier molecular flexibility index (Phi) is 1.68. The minimum atomic E-state index is 0.0474. The summed E-state index contributed by atoms with van der Waals surface area (Å²) >= 11 is 0. The van der Waals surface area contributed by atoms with Crippen LogP contribution in [0.4, 0.5) is 0 Å². The molecule has 1 heterocycles. The number of hydrogen-bond donors (Lipinski definition) is 3. The van der Waals surface area contributed by atoms with Crippen molar-refractivity contribution in [1.29, 1.82) is 0 Å². The van der Waals surface area contributed by atoms with Gasteiger partial charge in [0.2, 0.25) is 0 Å². The molecule has 0 bridgehead atoms. The molecule has 1 aliphatic heterocycles. The third kappa shape index (κ3) is 1.17. The topological polar surface area (TPSA) is 44.3 Å². The third-order valence-electron chi connectivity index (χ3n) is 2.29. The first-order valence-electron chi connectivity index (χ1n) is 3.93. The monoisotopic (exact) mass is 152 g/mol. The van der Waals surface area contributed by atoms with Crippen LogP contribution in [0.3, 0.4) is 0 Å². The number of hydrogen-bond acceptors (Lipinski definition) is 3. The van der Waals surface area contributed by atoms with E-state index >= 15 is 0 Å². The minimum Gasteiger partial charge on any atom is -0.371 e. The van der Waals surface area contributed by atoms with Crippen molar-refractivity contribution in [3.05, 3.63) is 23.9 Å². The van der Waals surface area contributed by atoms with Crippen molar-refractivity contribution in [2.45, 2.75) is 19.0 Å². The number of nitrogens with one attached hydrogen (secondary N) is 2. The number of allylic oxidation sites excluding steroid dienone is 4. The second kappa shape index (κ2) is 2.68. The van der Waals surface area contributed by atoms with Crippen LogP contribution in [0.15, 0.2) is 23.9 Å². The molecule has 3 N–H and O–H groups in total. The van der Waals surface area contributed by atoms with Crippen molar-refractivity contribution < 1.29 is 5.21 Å². The summed E-state index contributed by atoms with van der Waals surface area (Å²) in [5.74, 6) is 0.588. The van der Waals surface area contributed by atoms with Crippen LogP contribution in [-0.2, 0) is 0 Å². The van der Waals surface area contributed by atoms with E-state index in [1.54, 1.807) is 0 Å². The SMILES string of the molecule is ONC1CC2CC=CC=C2N1. The summed E-state index contributed by atoms with van der Waals surface area (Å²) in [5.41, 5.74) is 3.49. The van der Waals surface area contributed by atoms with Gasteiger partial charge in [-0.1, -0.05) is 12.2 Å². The van der Waals surface area contributed by atoms with E-state index in [1.807, 2.05) is 0 Å². The van der Waals surface area contributed by atoms with Gasteiger partial charge in [-0.15, -0.1) is 0 Å². The van der Waals surface area contributed by atoms with E-state index in [-0.39, 0.29) is 6.17 Å². The summed E-state index contributed by atoms with van der Waals surface area (Å²) in [7, 11) is 0. The Bertz CT molecular complexity index is 210. The van der Waals surface area contributed by atoms with E-state index in [2.05, 4.69) is 29.0 Å². The second-order valence-electron chi connectivity index (χ2n) is 3.04. The second-order valence-corrected chi connectivity index (χ2v) is 3.04. The van der Waals surface area contributed by atoms with Crippen LogP contribution < -0.4 is 10.8 Å². The zero-order chi connectivity index (χ0) is 7.68. The summed E-state index contributed by atoms with van der Waals surface area (Å²) in [4.78, 5) is 0. The van der Waals surface area contributed by atoms with Gasteiger partial charge in [0.05, 0.1) is 0 Å². The normalized spacial score (nSPS) is 34.5. The van der Waals surface area contributed by atoms with Crippen LogP contribution in [0, 0.1) is 5.92 Å². The quantitative estimate of drug-likeness (QED) is 0.486. The molecule has 1 aliphatic carbocycles. The maximum Gasteiger partial charge on any atom is 0.100 e. The standard InChI is InChI=1S/C8H12N2O/c11-10-8-5-6-3-1-2-4-7(6)9-8/h1-2,4,6,8-11H,3,5H2. The lowest BCUT2D eigenvalue weighted by Gasteiger charge is -2.10. The molecule has 2 unspecified atom stereocenters. The maximum atomic E-state index is 8.65. The molecule has 1 saturated heterocycles. The van der Waals surface area contributed by atoms with Crippen molar-refractivity contribution in [1.82, 2.24) is 10.8 Å².